The Hall–Kier alpha value is -3.65. The van der Waals surface area contributed by atoms with E-state index in [1.165, 1.54) is 21.3 Å². The summed E-state index contributed by atoms with van der Waals surface area (Å²) < 4.78 is 29.2. The Morgan fingerprint density at radius 1 is 1.00 bits per heavy atom. The number of hydrogen-bond acceptors (Lipinski definition) is 4. The molecule has 7 nitrogen and oxygen atoms in total. The molecule has 0 bridgehead atoms. The third kappa shape index (κ3) is 3.54. The minimum atomic E-state index is -3.79. The van der Waals surface area contributed by atoms with Crippen LogP contribution in [0.3, 0.4) is 0 Å². The second-order valence-electron chi connectivity index (χ2n) is 8.56. The third-order valence-corrected chi connectivity index (χ3v) is 8.38. The molecule has 1 saturated carbocycles. The molecule has 4 aromatic rings. The first kappa shape index (κ1) is 22.2. The molecule has 1 fully saturated rings. The first-order valence-corrected chi connectivity index (χ1v) is 12.7. The number of aryl methyl sites for hydroxylation is 1. The van der Waals surface area contributed by atoms with E-state index in [0.717, 1.165) is 29.7 Å². The van der Waals surface area contributed by atoms with Gasteiger partial charge in [-0.3, -0.25) is 14.2 Å². The highest BCUT2D eigenvalue weighted by molar-refractivity contribution is 7.92. The number of rotatable bonds is 7. The summed E-state index contributed by atoms with van der Waals surface area (Å²) in [6, 6.07) is 22.1. The molecule has 34 heavy (non-hydrogen) atoms. The van der Waals surface area contributed by atoms with Crippen LogP contribution in [0.2, 0.25) is 0 Å². The number of aromatic nitrogens is 3. The van der Waals surface area contributed by atoms with Gasteiger partial charge in [0, 0.05) is 23.9 Å². The molecule has 0 aliphatic heterocycles. The molecule has 5 rings (SSSR count). The average Bonchev–Trinajstić information content (AvgIpc) is 3.60. The van der Waals surface area contributed by atoms with Gasteiger partial charge in [0.15, 0.2) is 5.82 Å². The van der Waals surface area contributed by atoms with Crippen LogP contribution in [-0.2, 0) is 15.4 Å². The Bertz CT molecular complexity index is 1470. The molecule has 8 heteroatoms. The summed E-state index contributed by atoms with van der Waals surface area (Å²) >= 11 is 0. The summed E-state index contributed by atoms with van der Waals surface area (Å²) in [5, 5.41) is 3.14. The smallest absolute Gasteiger partial charge is 0.277 e. The second-order valence-corrected chi connectivity index (χ2v) is 10.4. The van der Waals surface area contributed by atoms with Crippen molar-refractivity contribution < 1.29 is 8.42 Å². The Morgan fingerprint density at radius 2 is 1.65 bits per heavy atom. The first-order valence-electron chi connectivity index (χ1n) is 11.3. The van der Waals surface area contributed by atoms with Crippen molar-refractivity contribution in [1.29, 1.82) is 0 Å². The quantitative estimate of drug-likeness (QED) is 0.436. The lowest BCUT2D eigenvalue weighted by molar-refractivity contribution is 0.591. The first-order chi connectivity index (χ1) is 16.4. The van der Waals surface area contributed by atoms with Gasteiger partial charge in [0.2, 0.25) is 0 Å². The topological polar surface area (TPSA) is 88.1 Å². The van der Waals surface area contributed by atoms with E-state index < -0.39 is 10.0 Å². The Morgan fingerprint density at radius 3 is 2.21 bits per heavy atom. The van der Waals surface area contributed by atoms with Crippen molar-refractivity contribution >= 4 is 15.7 Å². The van der Waals surface area contributed by atoms with Crippen molar-refractivity contribution in [3.05, 3.63) is 106 Å². The number of sulfonamides is 1. The molecule has 0 amide bonds. The molecular formula is C26H26N4O3S. The maximum atomic E-state index is 13.4. The van der Waals surface area contributed by atoms with Crippen LogP contribution in [-0.4, -0.2) is 29.7 Å². The highest BCUT2D eigenvalue weighted by Gasteiger charge is 2.49. The minimum absolute atomic E-state index is 0.0708. The predicted molar refractivity (Wildman–Crippen MR) is 132 cm³/mol. The van der Waals surface area contributed by atoms with Crippen LogP contribution in [0.4, 0.5) is 5.69 Å². The highest BCUT2D eigenvalue weighted by atomic mass is 32.2. The van der Waals surface area contributed by atoms with Gasteiger partial charge in [-0.2, -0.15) is 0 Å². The fourth-order valence-electron chi connectivity index (χ4n) is 4.71. The standard InChI is InChI=1S/C26H26N4O3S/c1-3-29(21-12-8-5-9-13-21)34(32,33)22-14-15-23(27-18-22)30-25(31)24(19(2)28-30)26(16-17-26)20-10-6-4-7-11-20/h4-15,18,28H,3,16-17H2,1-2H3. The summed E-state index contributed by atoms with van der Waals surface area (Å²) in [7, 11) is -3.79. The van der Waals surface area contributed by atoms with Crippen molar-refractivity contribution in [2.24, 2.45) is 0 Å². The molecule has 2 aromatic heterocycles. The van der Waals surface area contributed by atoms with Gasteiger partial charge in [0.05, 0.1) is 11.3 Å². The lowest BCUT2D eigenvalue weighted by Crippen LogP contribution is -2.31. The SMILES string of the molecule is CCN(c1ccccc1)S(=O)(=O)c1ccc(-n2[nH]c(C)c(C3(c4ccccc4)CC3)c2=O)nc1. The van der Waals surface area contributed by atoms with E-state index in [0.29, 0.717) is 11.5 Å². The summed E-state index contributed by atoms with van der Waals surface area (Å²) in [6.07, 6.45) is 3.15. The van der Waals surface area contributed by atoms with E-state index in [1.54, 1.807) is 37.3 Å². The number of para-hydroxylation sites is 1. The zero-order chi connectivity index (χ0) is 23.9. The summed E-state index contributed by atoms with van der Waals surface area (Å²) in [5.74, 6) is 0.352. The van der Waals surface area contributed by atoms with Crippen LogP contribution < -0.4 is 9.86 Å². The maximum absolute atomic E-state index is 13.4. The predicted octanol–water partition coefficient (Wildman–Crippen LogP) is 4.16. The van der Waals surface area contributed by atoms with Gasteiger partial charge in [-0.05, 0) is 56.5 Å². The van der Waals surface area contributed by atoms with Crippen LogP contribution in [0.15, 0.2) is 88.7 Å². The van der Waals surface area contributed by atoms with Crippen LogP contribution in [0.5, 0.6) is 0 Å². The molecule has 174 valence electrons. The molecule has 0 radical (unpaired) electrons. The van der Waals surface area contributed by atoms with Crippen molar-refractivity contribution in [2.75, 3.05) is 10.8 Å². The number of anilines is 1. The zero-order valence-corrected chi connectivity index (χ0v) is 19.9. The van der Waals surface area contributed by atoms with E-state index in [9.17, 15) is 13.2 Å². The van der Waals surface area contributed by atoms with Gasteiger partial charge in [-0.15, -0.1) is 0 Å². The number of pyridine rings is 1. The lowest BCUT2D eigenvalue weighted by Gasteiger charge is -2.22. The Balaban J connectivity index is 1.50. The van der Waals surface area contributed by atoms with E-state index in [4.69, 9.17) is 0 Å². The molecule has 2 heterocycles. The maximum Gasteiger partial charge on any atom is 0.277 e. The number of nitrogens with one attached hydrogen (secondary N) is 1. The fraction of sp³-hybridized carbons (Fsp3) is 0.231. The van der Waals surface area contributed by atoms with E-state index >= 15 is 0 Å². The van der Waals surface area contributed by atoms with Gasteiger partial charge in [-0.1, -0.05) is 48.5 Å². The van der Waals surface area contributed by atoms with Crippen molar-refractivity contribution in [1.82, 2.24) is 14.8 Å². The summed E-state index contributed by atoms with van der Waals surface area (Å²) in [4.78, 5) is 17.8. The van der Waals surface area contributed by atoms with Crippen LogP contribution >= 0.6 is 0 Å². The molecule has 2 aromatic carbocycles. The van der Waals surface area contributed by atoms with Crippen molar-refractivity contribution in [3.8, 4) is 5.82 Å². The number of H-pyrrole nitrogens is 1. The Labute approximate surface area is 198 Å². The number of aromatic amines is 1. The molecule has 0 atom stereocenters. The van der Waals surface area contributed by atoms with Crippen LogP contribution in [0, 0.1) is 6.92 Å². The molecule has 0 unspecified atom stereocenters. The summed E-state index contributed by atoms with van der Waals surface area (Å²) in [5.41, 5.74) is 2.85. The third-order valence-electron chi connectivity index (χ3n) is 6.50. The second kappa shape index (κ2) is 8.29. The Kier molecular flexibility index (Phi) is 5.40. The zero-order valence-electron chi connectivity index (χ0n) is 19.1. The van der Waals surface area contributed by atoms with Crippen molar-refractivity contribution in [2.45, 2.75) is 37.0 Å². The van der Waals surface area contributed by atoms with Crippen molar-refractivity contribution in [3.63, 3.8) is 0 Å². The highest BCUT2D eigenvalue weighted by Crippen LogP contribution is 2.53. The van der Waals surface area contributed by atoms with Gasteiger partial charge in [-0.25, -0.2) is 18.1 Å². The van der Waals surface area contributed by atoms with Gasteiger partial charge in [0.1, 0.15) is 4.90 Å². The molecular weight excluding hydrogens is 448 g/mol. The number of hydrogen-bond donors (Lipinski definition) is 1. The van der Waals surface area contributed by atoms with E-state index in [1.807, 2.05) is 31.2 Å². The molecule has 0 spiro atoms. The largest absolute Gasteiger partial charge is 0.294 e. The summed E-state index contributed by atoms with van der Waals surface area (Å²) in [6.45, 7) is 3.97. The fourth-order valence-corrected chi connectivity index (χ4v) is 6.13. The van der Waals surface area contributed by atoms with E-state index in [2.05, 4.69) is 22.2 Å². The monoisotopic (exact) mass is 474 g/mol. The normalized spacial score (nSPS) is 14.6. The van der Waals surface area contributed by atoms with Crippen LogP contribution in [0.25, 0.3) is 5.82 Å². The number of benzene rings is 2. The van der Waals surface area contributed by atoms with Gasteiger partial charge < -0.3 is 0 Å². The van der Waals surface area contributed by atoms with E-state index in [-0.39, 0.29) is 22.4 Å². The molecule has 1 N–H and O–H groups in total. The average molecular weight is 475 g/mol. The number of nitrogens with zero attached hydrogens (tertiary/aromatic N) is 3. The van der Waals surface area contributed by atoms with Gasteiger partial charge in [0.25, 0.3) is 15.6 Å². The molecule has 1 aliphatic rings. The molecule has 0 saturated heterocycles. The molecule has 1 aliphatic carbocycles. The van der Waals surface area contributed by atoms with Crippen LogP contribution in [0.1, 0.15) is 36.6 Å². The van der Waals surface area contributed by atoms with Gasteiger partial charge >= 0.3 is 0 Å². The lowest BCUT2D eigenvalue weighted by atomic mass is 9.88. The minimum Gasteiger partial charge on any atom is -0.294 e.